The molecule has 94 valence electrons. The Balaban J connectivity index is 0.00000256. The van der Waals surface area contributed by atoms with Crippen molar-refractivity contribution in [2.24, 2.45) is 5.73 Å². The Morgan fingerprint density at radius 3 is 2.18 bits per heavy atom. The molecule has 0 spiro atoms. The van der Waals surface area contributed by atoms with Gasteiger partial charge in [0.05, 0.1) is 0 Å². The van der Waals surface area contributed by atoms with Gasteiger partial charge in [0.1, 0.15) is 0 Å². The van der Waals surface area contributed by atoms with E-state index in [1.165, 1.54) is 0 Å². The van der Waals surface area contributed by atoms with Crippen LogP contribution >= 0.6 is 46.4 Å². The number of nitrogens with two attached hydrogens (primary N) is 1. The fraction of sp³-hybridized carbons (Fsp3) is 0.100. The molecule has 0 saturated carbocycles. The molecule has 1 aromatic carbocycles. The van der Waals surface area contributed by atoms with Crippen molar-refractivity contribution in [1.82, 2.24) is 0 Å². The van der Waals surface area contributed by atoms with Crippen molar-refractivity contribution < 1.29 is 17.4 Å². The van der Waals surface area contributed by atoms with E-state index in [0.29, 0.717) is 0 Å². The van der Waals surface area contributed by atoms with Gasteiger partial charge in [-0.2, -0.15) is 0 Å². The van der Waals surface area contributed by atoms with Gasteiger partial charge >= 0.3 is 0 Å². The fourth-order valence-electron chi connectivity index (χ4n) is 0.931. The molecular formula is C10H9Cl5N2. The third-order valence-electron chi connectivity index (χ3n) is 1.65. The first-order valence-electron chi connectivity index (χ1n) is 4.28. The first kappa shape index (κ1) is 16.9. The zero-order valence-corrected chi connectivity index (χ0v) is 12.2. The highest BCUT2D eigenvalue weighted by Crippen LogP contribution is 2.23. The summed E-state index contributed by atoms with van der Waals surface area (Å²) in [5, 5.41) is 0.273. The second-order valence-electron chi connectivity index (χ2n) is 2.94. The van der Waals surface area contributed by atoms with Crippen molar-refractivity contribution in [3.8, 4) is 0 Å². The van der Waals surface area contributed by atoms with Crippen LogP contribution in [-0.4, -0.2) is 9.63 Å². The molecule has 0 aliphatic carbocycles. The molecule has 0 amide bonds. The SMILES string of the molecule is N/C(=[NH+]/C(Cl)=C\c1ccccc1)C(Cl)(Cl)Cl.[Cl-]. The molecule has 0 unspecified atom stereocenters. The number of rotatable bonds is 2. The monoisotopic (exact) mass is 332 g/mol. The van der Waals surface area contributed by atoms with Gasteiger partial charge in [0, 0.05) is 6.08 Å². The van der Waals surface area contributed by atoms with E-state index in [0.717, 1.165) is 5.56 Å². The summed E-state index contributed by atoms with van der Waals surface area (Å²) < 4.78 is -1.69. The predicted octanol–water partition coefficient (Wildman–Crippen LogP) is -0.964. The molecule has 17 heavy (non-hydrogen) atoms. The number of halogens is 5. The molecular weight excluding hydrogens is 325 g/mol. The molecule has 7 heteroatoms. The summed E-state index contributed by atoms with van der Waals surface area (Å²) in [4.78, 5) is 2.59. The number of hydrogen-bond acceptors (Lipinski definition) is 0. The molecule has 0 atom stereocenters. The lowest BCUT2D eigenvalue weighted by Crippen LogP contribution is -3.00. The maximum Gasteiger partial charge on any atom is 0.299 e. The van der Waals surface area contributed by atoms with E-state index in [4.69, 9.17) is 52.1 Å². The standard InChI is InChI=1S/C10H8Cl4N2.ClH/c11-8(16-9(15)10(12,13)14)6-7-4-2-1-3-5-7;/h1-6H,(H2,15,16);1H/b8-6-;. The highest BCUT2D eigenvalue weighted by Gasteiger charge is 2.31. The van der Waals surface area contributed by atoms with Crippen molar-refractivity contribution in [2.45, 2.75) is 3.79 Å². The molecule has 0 heterocycles. The smallest absolute Gasteiger partial charge is 0.299 e. The molecule has 0 aliphatic heterocycles. The number of hydrogen-bond donors (Lipinski definition) is 2. The van der Waals surface area contributed by atoms with Gasteiger partial charge in [-0.3, -0.25) is 5.73 Å². The van der Waals surface area contributed by atoms with Gasteiger partial charge in [-0.1, -0.05) is 65.1 Å². The van der Waals surface area contributed by atoms with Crippen LogP contribution in [0.4, 0.5) is 0 Å². The van der Waals surface area contributed by atoms with Crippen LogP contribution in [0.3, 0.4) is 0 Å². The second kappa shape index (κ2) is 7.34. The second-order valence-corrected chi connectivity index (χ2v) is 5.63. The van der Waals surface area contributed by atoms with Gasteiger partial charge in [-0.25, -0.2) is 4.99 Å². The first-order valence-corrected chi connectivity index (χ1v) is 5.79. The van der Waals surface area contributed by atoms with E-state index in [1.807, 2.05) is 30.3 Å². The minimum atomic E-state index is -1.69. The lowest BCUT2D eigenvalue weighted by Gasteiger charge is -2.03. The summed E-state index contributed by atoms with van der Waals surface area (Å²) in [5.41, 5.74) is 6.40. The highest BCUT2D eigenvalue weighted by molar-refractivity contribution is 6.76. The van der Waals surface area contributed by atoms with Crippen LogP contribution in [0.5, 0.6) is 0 Å². The molecule has 0 aromatic heterocycles. The average molecular weight is 334 g/mol. The summed E-state index contributed by atoms with van der Waals surface area (Å²) in [7, 11) is 0. The Morgan fingerprint density at radius 1 is 1.18 bits per heavy atom. The van der Waals surface area contributed by atoms with Crippen molar-refractivity contribution in [1.29, 1.82) is 0 Å². The Bertz CT molecular complexity index is 408. The third-order valence-corrected chi connectivity index (χ3v) is 2.47. The normalized spacial score (nSPS) is 13.2. The Labute approximate surface area is 126 Å². The molecule has 2 nitrogen and oxygen atoms in total. The van der Waals surface area contributed by atoms with Crippen LogP contribution in [-0.2, 0) is 0 Å². The summed E-state index contributed by atoms with van der Waals surface area (Å²) in [5.74, 6) is -0.0466. The Hall–Kier alpha value is -0.120. The van der Waals surface area contributed by atoms with Crippen molar-refractivity contribution >= 4 is 58.3 Å². The predicted molar refractivity (Wildman–Crippen MR) is 70.7 cm³/mol. The molecule has 3 N–H and O–H groups in total. The van der Waals surface area contributed by atoms with E-state index in [2.05, 4.69) is 4.99 Å². The first-order chi connectivity index (χ1) is 7.39. The topological polar surface area (TPSA) is 40.0 Å². The van der Waals surface area contributed by atoms with Gasteiger partial charge in [-0.15, -0.1) is 0 Å². The number of alkyl halides is 3. The average Bonchev–Trinajstić information content (AvgIpc) is 2.17. The summed E-state index contributed by atoms with van der Waals surface area (Å²) in [6.45, 7) is 0. The maximum atomic E-state index is 5.89. The van der Waals surface area contributed by atoms with Crippen molar-refractivity contribution in [2.75, 3.05) is 0 Å². The number of amidine groups is 1. The van der Waals surface area contributed by atoms with Crippen LogP contribution < -0.4 is 23.1 Å². The van der Waals surface area contributed by atoms with Gasteiger partial charge in [0.15, 0.2) is 5.16 Å². The zero-order chi connectivity index (χ0) is 12.2. The lowest BCUT2D eigenvalue weighted by atomic mass is 10.2. The maximum absolute atomic E-state index is 5.89. The van der Waals surface area contributed by atoms with Crippen LogP contribution in [0, 0.1) is 0 Å². The molecule has 0 saturated heterocycles. The fourth-order valence-corrected chi connectivity index (χ4v) is 1.30. The van der Waals surface area contributed by atoms with E-state index in [9.17, 15) is 0 Å². The van der Waals surface area contributed by atoms with Gasteiger partial charge < -0.3 is 12.4 Å². The molecule has 1 rings (SSSR count). The molecule has 0 aliphatic rings. The number of nitrogens with one attached hydrogen (secondary N) is 1. The summed E-state index contributed by atoms with van der Waals surface area (Å²) in [6, 6.07) is 9.45. The van der Waals surface area contributed by atoms with E-state index in [-0.39, 0.29) is 23.4 Å². The molecule has 1 aromatic rings. The van der Waals surface area contributed by atoms with Gasteiger partial charge in [0.2, 0.25) is 0 Å². The van der Waals surface area contributed by atoms with Crippen molar-refractivity contribution in [3.05, 3.63) is 41.1 Å². The van der Waals surface area contributed by atoms with E-state index < -0.39 is 3.79 Å². The highest BCUT2D eigenvalue weighted by atomic mass is 35.6. The van der Waals surface area contributed by atoms with Gasteiger partial charge in [-0.05, 0) is 17.2 Å². The third kappa shape index (κ3) is 6.39. The van der Waals surface area contributed by atoms with Crippen LogP contribution in [0.2, 0.25) is 0 Å². The lowest BCUT2D eigenvalue weighted by molar-refractivity contribution is -0.384. The van der Waals surface area contributed by atoms with Gasteiger partial charge in [0.25, 0.3) is 9.63 Å². The van der Waals surface area contributed by atoms with E-state index >= 15 is 0 Å². The largest absolute Gasteiger partial charge is 1.00 e. The minimum Gasteiger partial charge on any atom is -1.00 e. The summed E-state index contributed by atoms with van der Waals surface area (Å²) >= 11 is 22.5. The Morgan fingerprint density at radius 2 is 1.71 bits per heavy atom. The molecule has 0 radical (unpaired) electrons. The van der Waals surface area contributed by atoms with Crippen LogP contribution in [0.25, 0.3) is 6.08 Å². The number of benzene rings is 1. The molecule has 0 fully saturated rings. The molecule has 0 bridgehead atoms. The van der Waals surface area contributed by atoms with Crippen molar-refractivity contribution in [3.63, 3.8) is 0 Å². The van der Waals surface area contributed by atoms with Crippen LogP contribution in [0.15, 0.2) is 35.5 Å². The minimum absolute atomic E-state index is 0. The summed E-state index contributed by atoms with van der Waals surface area (Å²) in [6.07, 6.45) is 1.67. The quantitative estimate of drug-likeness (QED) is 0.311. The van der Waals surface area contributed by atoms with E-state index in [1.54, 1.807) is 6.08 Å². The Kier molecular flexibility index (Phi) is 7.29. The van der Waals surface area contributed by atoms with Crippen LogP contribution in [0.1, 0.15) is 5.56 Å². The zero-order valence-electron chi connectivity index (χ0n) is 8.43.